The molecule has 6 nitrogen and oxygen atoms in total. The largest absolute Gasteiger partial charge is 0.337 e. The first-order valence-corrected chi connectivity index (χ1v) is 8.44. The highest BCUT2D eigenvalue weighted by Crippen LogP contribution is 2.27. The predicted octanol–water partition coefficient (Wildman–Crippen LogP) is 2.92. The molecule has 2 rings (SSSR count). The lowest BCUT2D eigenvalue weighted by Gasteiger charge is -2.17. The Morgan fingerprint density at radius 2 is 2.32 bits per heavy atom. The van der Waals surface area contributed by atoms with Crippen LogP contribution in [0.3, 0.4) is 0 Å². The van der Waals surface area contributed by atoms with Crippen LogP contribution >= 0.6 is 23.4 Å². The first-order valence-electron chi connectivity index (χ1n) is 6.78. The van der Waals surface area contributed by atoms with Crippen LogP contribution in [0.4, 0.5) is 4.79 Å². The van der Waals surface area contributed by atoms with E-state index in [-0.39, 0.29) is 17.3 Å². The van der Waals surface area contributed by atoms with E-state index in [1.807, 2.05) is 37.4 Å². The standard InChI is InChI=1S/C14H18ClN5OS/c1-9(13-17-8-18-20-13)19-14(21)16-7-12(22-2)10-4-3-5-11(15)6-10/h3-6,8-9,12H,7H2,1-2H3,(H2,16,19,21)(H,17,18,20)/t9-,12+/m0/s1. The van der Waals surface area contributed by atoms with Crippen molar-refractivity contribution in [2.45, 2.75) is 18.2 Å². The van der Waals surface area contributed by atoms with Crippen LogP contribution in [0.5, 0.6) is 0 Å². The lowest BCUT2D eigenvalue weighted by atomic mass is 10.1. The Labute approximate surface area is 138 Å². The summed E-state index contributed by atoms with van der Waals surface area (Å²) in [6.07, 6.45) is 3.41. The van der Waals surface area contributed by atoms with Crippen molar-refractivity contribution < 1.29 is 4.79 Å². The van der Waals surface area contributed by atoms with Crippen LogP contribution in [-0.4, -0.2) is 34.0 Å². The smallest absolute Gasteiger partial charge is 0.315 e. The molecular formula is C14H18ClN5OS. The molecule has 0 aliphatic carbocycles. The first-order chi connectivity index (χ1) is 10.6. The van der Waals surface area contributed by atoms with E-state index in [0.717, 1.165) is 5.56 Å². The van der Waals surface area contributed by atoms with Crippen LogP contribution < -0.4 is 10.6 Å². The number of benzene rings is 1. The first kappa shape index (κ1) is 16.6. The number of hydrogen-bond donors (Lipinski definition) is 3. The van der Waals surface area contributed by atoms with E-state index in [4.69, 9.17) is 11.6 Å². The van der Waals surface area contributed by atoms with E-state index in [0.29, 0.717) is 17.4 Å². The fourth-order valence-corrected chi connectivity index (χ4v) is 2.84. The van der Waals surface area contributed by atoms with Crippen LogP contribution in [0.2, 0.25) is 5.02 Å². The van der Waals surface area contributed by atoms with Crippen LogP contribution in [0.25, 0.3) is 0 Å². The number of halogens is 1. The summed E-state index contributed by atoms with van der Waals surface area (Å²) in [5.41, 5.74) is 1.09. The molecule has 3 N–H and O–H groups in total. The Hall–Kier alpha value is -1.73. The van der Waals surface area contributed by atoms with Gasteiger partial charge in [-0.2, -0.15) is 16.9 Å². The minimum atomic E-state index is -0.245. The normalized spacial score (nSPS) is 13.4. The van der Waals surface area contributed by atoms with Gasteiger partial charge in [0.2, 0.25) is 0 Å². The highest BCUT2D eigenvalue weighted by atomic mass is 35.5. The molecule has 0 saturated heterocycles. The van der Waals surface area contributed by atoms with Crippen LogP contribution in [0.15, 0.2) is 30.6 Å². The lowest BCUT2D eigenvalue weighted by Crippen LogP contribution is -2.39. The second-order valence-corrected chi connectivity index (χ2v) is 6.20. The highest BCUT2D eigenvalue weighted by Gasteiger charge is 2.15. The van der Waals surface area contributed by atoms with Crippen LogP contribution in [0.1, 0.15) is 29.6 Å². The third-order valence-corrected chi connectivity index (χ3v) is 4.39. The third kappa shape index (κ3) is 4.64. The van der Waals surface area contributed by atoms with Gasteiger partial charge < -0.3 is 10.6 Å². The Kier molecular flexibility index (Phi) is 6.09. The van der Waals surface area contributed by atoms with Gasteiger partial charge in [0.25, 0.3) is 0 Å². The van der Waals surface area contributed by atoms with E-state index < -0.39 is 0 Å². The van der Waals surface area contributed by atoms with E-state index in [1.165, 1.54) is 6.33 Å². The molecule has 0 spiro atoms. The summed E-state index contributed by atoms with van der Waals surface area (Å²) in [6.45, 7) is 2.35. The number of carbonyl (C=O) groups is 1. The van der Waals surface area contributed by atoms with Crippen molar-refractivity contribution in [2.75, 3.05) is 12.8 Å². The Morgan fingerprint density at radius 3 is 2.95 bits per heavy atom. The molecule has 2 amide bonds. The lowest BCUT2D eigenvalue weighted by molar-refractivity contribution is 0.237. The number of amides is 2. The molecule has 22 heavy (non-hydrogen) atoms. The van der Waals surface area contributed by atoms with Gasteiger partial charge in [-0.05, 0) is 30.9 Å². The second kappa shape index (κ2) is 8.05. The van der Waals surface area contributed by atoms with Gasteiger partial charge in [0.1, 0.15) is 12.2 Å². The molecule has 2 atom stereocenters. The van der Waals surface area contributed by atoms with Crippen LogP contribution in [-0.2, 0) is 0 Å². The van der Waals surface area contributed by atoms with Gasteiger partial charge in [-0.25, -0.2) is 9.78 Å². The zero-order valence-corrected chi connectivity index (χ0v) is 13.9. The van der Waals surface area contributed by atoms with Gasteiger partial charge in [-0.15, -0.1) is 0 Å². The van der Waals surface area contributed by atoms with E-state index in [2.05, 4.69) is 25.8 Å². The molecule has 0 aliphatic rings. The van der Waals surface area contributed by atoms with Crippen molar-refractivity contribution in [1.82, 2.24) is 25.8 Å². The van der Waals surface area contributed by atoms with E-state index in [9.17, 15) is 4.79 Å². The van der Waals surface area contributed by atoms with Crippen molar-refractivity contribution in [3.8, 4) is 0 Å². The summed E-state index contributed by atoms with van der Waals surface area (Å²) >= 11 is 7.67. The van der Waals surface area contributed by atoms with Crippen molar-refractivity contribution in [1.29, 1.82) is 0 Å². The molecule has 1 aromatic carbocycles. The topological polar surface area (TPSA) is 82.7 Å². The minimum absolute atomic E-state index is 0.144. The van der Waals surface area contributed by atoms with Gasteiger partial charge >= 0.3 is 6.03 Å². The monoisotopic (exact) mass is 339 g/mol. The summed E-state index contributed by atoms with van der Waals surface area (Å²) in [4.78, 5) is 16.0. The summed E-state index contributed by atoms with van der Waals surface area (Å²) in [5.74, 6) is 0.617. The molecule has 0 fully saturated rings. The molecule has 118 valence electrons. The molecule has 0 radical (unpaired) electrons. The maximum atomic E-state index is 11.9. The zero-order chi connectivity index (χ0) is 15.9. The average molecular weight is 340 g/mol. The Morgan fingerprint density at radius 1 is 1.50 bits per heavy atom. The number of nitrogens with zero attached hydrogens (tertiary/aromatic N) is 2. The van der Waals surface area contributed by atoms with E-state index in [1.54, 1.807) is 11.8 Å². The predicted molar refractivity (Wildman–Crippen MR) is 89.0 cm³/mol. The molecule has 2 aromatic rings. The Bertz CT molecular complexity index is 607. The van der Waals surface area contributed by atoms with Crippen molar-refractivity contribution in [3.63, 3.8) is 0 Å². The van der Waals surface area contributed by atoms with Crippen LogP contribution in [0, 0.1) is 0 Å². The zero-order valence-electron chi connectivity index (χ0n) is 12.3. The van der Waals surface area contributed by atoms with Crippen molar-refractivity contribution >= 4 is 29.4 Å². The third-order valence-electron chi connectivity index (χ3n) is 3.14. The molecule has 0 unspecified atom stereocenters. The Balaban J connectivity index is 1.86. The van der Waals surface area contributed by atoms with Crippen molar-refractivity contribution in [2.24, 2.45) is 0 Å². The second-order valence-electron chi connectivity index (χ2n) is 4.73. The summed E-state index contributed by atoms with van der Waals surface area (Å²) in [6, 6.07) is 7.18. The molecule has 0 bridgehead atoms. The number of urea groups is 1. The number of thioether (sulfide) groups is 1. The number of aromatic amines is 1. The van der Waals surface area contributed by atoms with Gasteiger partial charge in [-0.3, -0.25) is 5.10 Å². The highest BCUT2D eigenvalue weighted by molar-refractivity contribution is 7.98. The molecule has 1 heterocycles. The molecule has 0 aliphatic heterocycles. The molecule has 8 heteroatoms. The number of nitrogens with one attached hydrogen (secondary N) is 3. The van der Waals surface area contributed by atoms with E-state index >= 15 is 0 Å². The van der Waals surface area contributed by atoms with Gasteiger partial charge in [0, 0.05) is 16.8 Å². The van der Waals surface area contributed by atoms with Crippen molar-refractivity contribution in [3.05, 3.63) is 47.0 Å². The fourth-order valence-electron chi connectivity index (χ4n) is 1.97. The van der Waals surface area contributed by atoms with Gasteiger partial charge in [0.05, 0.1) is 6.04 Å². The summed E-state index contributed by atoms with van der Waals surface area (Å²) in [5, 5.41) is 13.0. The minimum Gasteiger partial charge on any atom is -0.337 e. The fraction of sp³-hybridized carbons (Fsp3) is 0.357. The number of hydrogen-bond acceptors (Lipinski definition) is 4. The molecular weight excluding hydrogens is 322 g/mol. The van der Waals surface area contributed by atoms with Gasteiger partial charge in [0.15, 0.2) is 0 Å². The van der Waals surface area contributed by atoms with Gasteiger partial charge in [-0.1, -0.05) is 23.7 Å². The number of carbonyl (C=O) groups excluding carboxylic acids is 1. The quantitative estimate of drug-likeness (QED) is 0.755. The number of rotatable bonds is 6. The maximum absolute atomic E-state index is 11.9. The molecule has 1 aromatic heterocycles. The maximum Gasteiger partial charge on any atom is 0.315 e. The summed E-state index contributed by atoms with van der Waals surface area (Å²) < 4.78 is 0. The SMILES string of the molecule is CS[C@H](CNC(=O)N[C@@H](C)c1ncn[nH]1)c1cccc(Cl)c1. The summed E-state index contributed by atoms with van der Waals surface area (Å²) in [7, 11) is 0. The number of aromatic nitrogens is 3. The number of H-pyrrole nitrogens is 1. The molecule has 0 saturated carbocycles. The average Bonchev–Trinajstić information content (AvgIpc) is 3.02.